The summed E-state index contributed by atoms with van der Waals surface area (Å²) in [7, 11) is 1.80. The van der Waals surface area contributed by atoms with Gasteiger partial charge in [-0.25, -0.2) is 9.78 Å². The van der Waals surface area contributed by atoms with E-state index in [4.69, 9.17) is 14.1 Å². The number of benzene rings is 3. The molecule has 0 spiro atoms. The van der Waals surface area contributed by atoms with E-state index >= 15 is 0 Å². The van der Waals surface area contributed by atoms with Crippen LogP contribution in [0.15, 0.2) is 89.5 Å². The van der Waals surface area contributed by atoms with Crippen molar-refractivity contribution in [1.29, 1.82) is 0 Å². The Hall–Kier alpha value is -4.43. The lowest BCUT2D eigenvalue weighted by Gasteiger charge is -2.34. The number of likely N-dealkylation sites (N-methyl/N-ethyl adjacent to an activating group) is 1. The molecule has 1 fully saturated rings. The number of rotatable bonds is 7. The molecule has 3 atom stereocenters. The molecule has 0 unspecified atom stereocenters. The molecule has 3 aromatic carbocycles. The molecule has 0 bridgehead atoms. The largest absolute Gasteiger partial charge is 0.449 e. The molecule has 8 heteroatoms. The number of alkyl carbamates (subject to hydrolysis) is 1. The summed E-state index contributed by atoms with van der Waals surface area (Å²) < 4.78 is 11.8. The van der Waals surface area contributed by atoms with Crippen LogP contribution in [-0.4, -0.2) is 54.2 Å². The molecule has 1 aliphatic heterocycles. The van der Waals surface area contributed by atoms with Gasteiger partial charge in [-0.3, -0.25) is 4.79 Å². The van der Waals surface area contributed by atoms with Gasteiger partial charge < -0.3 is 24.7 Å². The first-order chi connectivity index (χ1) is 20.7. The van der Waals surface area contributed by atoms with Crippen LogP contribution in [-0.2, 0) is 9.53 Å². The Morgan fingerprint density at radius 3 is 2.23 bits per heavy atom. The molecular formula is C35H38N4O4. The van der Waals surface area contributed by atoms with Gasteiger partial charge in [0.2, 0.25) is 11.8 Å². The van der Waals surface area contributed by atoms with Crippen molar-refractivity contribution < 1.29 is 18.7 Å². The molecule has 4 aromatic rings. The van der Waals surface area contributed by atoms with Crippen molar-refractivity contribution in [2.24, 2.45) is 5.41 Å². The second-order valence-electron chi connectivity index (χ2n) is 12.4. The van der Waals surface area contributed by atoms with Crippen LogP contribution in [0.1, 0.15) is 56.2 Å². The molecule has 2 amide bonds. The SMILES string of the molecule is CN[C@H](C(=O)N1C[C@@H](NC(=O)OCC2c3ccccc3-c3ccccc32)C[C@H]1c1nc(-c2ccccc2)co1)C(C)(C)C. The predicted octanol–water partition coefficient (Wildman–Crippen LogP) is 6.16. The van der Waals surface area contributed by atoms with E-state index in [0.717, 1.165) is 16.7 Å². The number of nitrogens with one attached hydrogen (secondary N) is 2. The van der Waals surface area contributed by atoms with Crippen molar-refractivity contribution in [3.63, 3.8) is 0 Å². The van der Waals surface area contributed by atoms with Crippen LogP contribution in [0.5, 0.6) is 0 Å². The van der Waals surface area contributed by atoms with E-state index < -0.39 is 18.2 Å². The number of amides is 2. The van der Waals surface area contributed by atoms with Crippen molar-refractivity contribution in [2.75, 3.05) is 20.2 Å². The fourth-order valence-electron chi connectivity index (χ4n) is 6.50. The fraction of sp³-hybridized carbons (Fsp3) is 0.343. The number of hydrogen-bond donors (Lipinski definition) is 2. The molecule has 0 saturated carbocycles. The smallest absolute Gasteiger partial charge is 0.407 e. The number of ether oxygens (including phenoxy) is 1. The second-order valence-corrected chi connectivity index (χ2v) is 12.4. The predicted molar refractivity (Wildman–Crippen MR) is 165 cm³/mol. The number of fused-ring (bicyclic) bond motifs is 3. The van der Waals surface area contributed by atoms with Crippen molar-refractivity contribution >= 4 is 12.0 Å². The summed E-state index contributed by atoms with van der Waals surface area (Å²) in [5, 5.41) is 6.22. The molecule has 2 aliphatic rings. The van der Waals surface area contributed by atoms with Crippen LogP contribution in [0.4, 0.5) is 4.79 Å². The van der Waals surface area contributed by atoms with E-state index in [1.165, 1.54) is 11.1 Å². The Balaban J connectivity index is 1.18. The minimum Gasteiger partial charge on any atom is -0.449 e. The van der Waals surface area contributed by atoms with Crippen LogP contribution in [0, 0.1) is 5.41 Å². The van der Waals surface area contributed by atoms with Gasteiger partial charge in [0, 0.05) is 18.0 Å². The number of oxazole rings is 1. The summed E-state index contributed by atoms with van der Waals surface area (Å²) in [4.78, 5) is 33.6. The molecule has 2 N–H and O–H groups in total. The van der Waals surface area contributed by atoms with Crippen LogP contribution < -0.4 is 10.6 Å². The molecule has 1 saturated heterocycles. The number of hydrogen-bond acceptors (Lipinski definition) is 6. The van der Waals surface area contributed by atoms with E-state index in [1.807, 2.05) is 75.4 Å². The van der Waals surface area contributed by atoms with Gasteiger partial charge in [-0.15, -0.1) is 0 Å². The van der Waals surface area contributed by atoms with Gasteiger partial charge >= 0.3 is 6.09 Å². The zero-order valence-corrected chi connectivity index (χ0v) is 25.0. The van der Waals surface area contributed by atoms with Crippen LogP contribution in [0.3, 0.4) is 0 Å². The van der Waals surface area contributed by atoms with Gasteiger partial charge in [0.1, 0.15) is 24.6 Å². The van der Waals surface area contributed by atoms with Gasteiger partial charge in [-0.05, 0) is 41.1 Å². The topological polar surface area (TPSA) is 96.7 Å². The third-order valence-electron chi connectivity index (χ3n) is 8.53. The second kappa shape index (κ2) is 11.7. The average Bonchev–Trinajstić information content (AvgIpc) is 3.72. The van der Waals surface area contributed by atoms with Crippen LogP contribution in [0.25, 0.3) is 22.4 Å². The number of aromatic nitrogens is 1. The van der Waals surface area contributed by atoms with Crippen LogP contribution >= 0.6 is 0 Å². The standard InChI is InChI=1S/C35H38N4O4/c1-35(2,3)31(36-4)33(40)39-19-23(18-30(39)32-38-29(21-42-32)22-12-6-5-7-13-22)37-34(41)43-20-28-26-16-10-8-14-24(26)25-15-9-11-17-27(25)28/h5-17,21,23,28,30-31,36H,18-20H2,1-4H3,(H,37,41)/t23-,30-,31+/m0/s1. The lowest BCUT2D eigenvalue weighted by atomic mass is 9.86. The summed E-state index contributed by atoms with van der Waals surface area (Å²) in [6.45, 7) is 6.64. The Morgan fingerprint density at radius 2 is 1.60 bits per heavy atom. The normalized spacial score (nSPS) is 18.7. The highest BCUT2D eigenvalue weighted by atomic mass is 16.5. The van der Waals surface area contributed by atoms with Gasteiger partial charge in [-0.1, -0.05) is 99.6 Å². The summed E-state index contributed by atoms with van der Waals surface area (Å²) >= 11 is 0. The summed E-state index contributed by atoms with van der Waals surface area (Å²) in [6.07, 6.45) is 1.59. The van der Waals surface area contributed by atoms with Crippen molar-refractivity contribution in [3.8, 4) is 22.4 Å². The van der Waals surface area contributed by atoms with E-state index in [0.29, 0.717) is 24.6 Å². The van der Waals surface area contributed by atoms with Gasteiger partial charge in [-0.2, -0.15) is 0 Å². The lowest BCUT2D eigenvalue weighted by Crippen LogP contribution is -2.52. The summed E-state index contributed by atoms with van der Waals surface area (Å²) in [5.41, 5.74) is 6.00. The van der Waals surface area contributed by atoms with E-state index in [9.17, 15) is 9.59 Å². The first kappa shape index (κ1) is 28.7. The number of nitrogens with zero attached hydrogens (tertiary/aromatic N) is 2. The highest BCUT2D eigenvalue weighted by molar-refractivity contribution is 5.84. The van der Waals surface area contributed by atoms with E-state index in [-0.39, 0.29) is 29.9 Å². The monoisotopic (exact) mass is 578 g/mol. The number of carbonyl (C=O) groups is 2. The molecule has 6 rings (SSSR count). The zero-order chi connectivity index (χ0) is 30.1. The number of likely N-dealkylation sites (tertiary alicyclic amines) is 1. The minimum atomic E-state index is -0.502. The minimum absolute atomic E-state index is 0.0283. The summed E-state index contributed by atoms with van der Waals surface area (Å²) in [5.74, 6) is 0.364. The molecular weight excluding hydrogens is 540 g/mol. The average molecular weight is 579 g/mol. The summed E-state index contributed by atoms with van der Waals surface area (Å²) in [6, 6.07) is 25.1. The maximum Gasteiger partial charge on any atom is 0.407 e. The Morgan fingerprint density at radius 1 is 0.977 bits per heavy atom. The van der Waals surface area contributed by atoms with Crippen molar-refractivity contribution in [1.82, 2.24) is 20.5 Å². The molecule has 1 aromatic heterocycles. The quantitative estimate of drug-likeness (QED) is 0.273. The Bertz CT molecular complexity index is 1560. The zero-order valence-electron chi connectivity index (χ0n) is 25.0. The first-order valence-electron chi connectivity index (χ1n) is 14.8. The van der Waals surface area contributed by atoms with Crippen molar-refractivity contribution in [2.45, 2.75) is 51.2 Å². The van der Waals surface area contributed by atoms with Crippen LogP contribution in [0.2, 0.25) is 0 Å². The van der Waals surface area contributed by atoms with Crippen molar-refractivity contribution in [3.05, 3.63) is 102 Å². The lowest BCUT2D eigenvalue weighted by molar-refractivity contribution is -0.137. The third kappa shape index (κ3) is 5.67. The Kier molecular flexibility index (Phi) is 7.79. The fourth-order valence-corrected chi connectivity index (χ4v) is 6.50. The maximum absolute atomic E-state index is 13.9. The highest BCUT2D eigenvalue weighted by Gasteiger charge is 2.44. The van der Waals surface area contributed by atoms with E-state index in [1.54, 1.807) is 18.2 Å². The van der Waals surface area contributed by atoms with Gasteiger partial charge in [0.15, 0.2) is 0 Å². The maximum atomic E-state index is 13.9. The van der Waals surface area contributed by atoms with Gasteiger partial charge in [0.05, 0.1) is 12.1 Å². The van der Waals surface area contributed by atoms with E-state index in [2.05, 4.69) is 34.9 Å². The highest BCUT2D eigenvalue weighted by Crippen LogP contribution is 2.44. The first-order valence-corrected chi connectivity index (χ1v) is 14.8. The molecule has 43 heavy (non-hydrogen) atoms. The molecule has 2 heterocycles. The molecule has 8 nitrogen and oxygen atoms in total. The third-order valence-corrected chi connectivity index (χ3v) is 8.53. The molecule has 1 aliphatic carbocycles. The molecule has 0 radical (unpaired) electrons. The number of carbonyl (C=O) groups excluding carboxylic acids is 2. The molecule has 222 valence electrons. The Labute approximate surface area is 252 Å². The van der Waals surface area contributed by atoms with Gasteiger partial charge in [0.25, 0.3) is 0 Å².